The third kappa shape index (κ3) is 2.83. The van der Waals surface area contributed by atoms with Crippen LogP contribution in [0.25, 0.3) is 0 Å². The molecule has 2 atom stereocenters. The highest BCUT2D eigenvalue weighted by molar-refractivity contribution is 5.74. The Bertz CT molecular complexity index is 226. The van der Waals surface area contributed by atoms with Crippen molar-refractivity contribution >= 4 is 6.03 Å². The minimum absolute atomic E-state index is 0.105. The van der Waals surface area contributed by atoms with E-state index in [-0.39, 0.29) is 6.03 Å². The fourth-order valence-electron chi connectivity index (χ4n) is 0.955. The SMILES string of the molecule is CC#CCNC(=O)N[C@@H]1C[C@H]1C. The van der Waals surface area contributed by atoms with Gasteiger partial charge in [0, 0.05) is 6.04 Å². The molecule has 2 amide bonds. The van der Waals surface area contributed by atoms with E-state index in [1.807, 2.05) is 0 Å². The van der Waals surface area contributed by atoms with E-state index in [4.69, 9.17) is 0 Å². The molecule has 0 heterocycles. The summed E-state index contributed by atoms with van der Waals surface area (Å²) in [4.78, 5) is 11.0. The van der Waals surface area contributed by atoms with E-state index in [9.17, 15) is 4.79 Å². The molecule has 0 aromatic heterocycles. The Morgan fingerprint density at radius 3 is 2.83 bits per heavy atom. The molecule has 1 aliphatic carbocycles. The number of carbonyl (C=O) groups excluding carboxylic acids is 1. The summed E-state index contributed by atoms with van der Waals surface area (Å²) in [5.41, 5.74) is 0. The van der Waals surface area contributed by atoms with Crippen molar-refractivity contribution < 1.29 is 4.79 Å². The summed E-state index contributed by atoms with van der Waals surface area (Å²) in [6, 6.07) is 0.284. The van der Waals surface area contributed by atoms with E-state index in [0.717, 1.165) is 6.42 Å². The van der Waals surface area contributed by atoms with E-state index in [2.05, 4.69) is 29.4 Å². The Labute approximate surface area is 72.9 Å². The molecule has 0 aromatic carbocycles. The first kappa shape index (κ1) is 8.92. The first-order valence-electron chi connectivity index (χ1n) is 4.18. The van der Waals surface area contributed by atoms with Crippen molar-refractivity contribution in [3.05, 3.63) is 0 Å². The maximum atomic E-state index is 11.0. The summed E-state index contributed by atoms with van der Waals surface area (Å²) in [6.45, 7) is 4.31. The van der Waals surface area contributed by atoms with Gasteiger partial charge in [-0.3, -0.25) is 0 Å². The molecule has 2 N–H and O–H groups in total. The molecule has 1 saturated carbocycles. The quantitative estimate of drug-likeness (QED) is 0.583. The molecule has 1 aliphatic rings. The lowest BCUT2D eigenvalue weighted by atomic mass is 10.5. The van der Waals surface area contributed by atoms with Gasteiger partial charge in [0.25, 0.3) is 0 Å². The monoisotopic (exact) mass is 166 g/mol. The Morgan fingerprint density at radius 1 is 1.67 bits per heavy atom. The number of nitrogens with one attached hydrogen (secondary N) is 2. The summed E-state index contributed by atoms with van der Waals surface area (Å²) in [6.07, 6.45) is 1.10. The lowest BCUT2D eigenvalue weighted by Crippen LogP contribution is -2.37. The molecular weight excluding hydrogens is 152 g/mol. The van der Waals surface area contributed by atoms with Gasteiger partial charge in [0.1, 0.15) is 0 Å². The van der Waals surface area contributed by atoms with Gasteiger partial charge in [-0.25, -0.2) is 4.79 Å². The van der Waals surface area contributed by atoms with Gasteiger partial charge >= 0.3 is 6.03 Å². The van der Waals surface area contributed by atoms with Crippen molar-refractivity contribution in [3.63, 3.8) is 0 Å². The summed E-state index contributed by atoms with van der Waals surface area (Å²) >= 11 is 0. The molecule has 0 aromatic rings. The van der Waals surface area contributed by atoms with Crippen LogP contribution in [0.4, 0.5) is 4.79 Å². The molecule has 1 rings (SSSR count). The summed E-state index contributed by atoms with van der Waals surface area (Å²) < 4.78 is 0. The molecule has 0 aliphatic heterocycles. The van der Waals surface area contributed by atoms with Crippen molar-refractivity contribution in [1.29, 1.82) is 0 Å². The Hall–Kier alpha value is -1.17. The minimum Gasteiger partial charge on any atom is -0.335 e. The predicted molar refractivity (Wildman–Crippen MR) is 47.6 cm³/mol. The summed E-state index contributed by atoms with van der Waals surface area (Å²) in [5.74, 6) is 6.12. The van der Waals surface area contributed by atoms with Crippen LogP contribution in [0.1, 0.15) is 20.3 Å². The van der Waals surface area contributed by atoms with E-state index in [0.29, 0.717) is 18.5 Å². The number of hydrogen-bond donors (Lipinski definition) is 2. The Balaban J connectivity index is 2.07. The lowest BCUT2D eigenvalue weighted by Gasteiger charge is -2.02. The molecule has 12 heavy (non-hydrogen) atoms. The van der Waals surface area contributed by atoms with Crippen LogP contribution in [0.5, 0.6) is 0 Å². The van der Waals surface area contributed by atoms with Gasteiger partial charge in [0.05, 0.1) is 6.54 Å². The second kappa shape index (κ2) is 4.01. The van der Waals surface area contributed by atoms with Crippen molar-refractivity contribution in [2.75, 3.05) is 6.54 Å². The van der Waals surface area contributed by atoms with Crippen LogP contribution in [0.3, 0.4) is 0 Å². The van der Waals surface area contributed by atoms with E-state index >= 15 is 0 Å². The van der Waals surface area contributed by atoms with E-state index < -0.39 is 0 Å². The maximum Gasteiger partial charge on any atom is 0.315 e. The van der Waals surface area contributed by atoms with E-state index in [1.165, 1.54) is 0 Å². The Kier molecular flexibility index (Phi) is 2.98. The zero-order chi connectivity index (χ0) is 8.97. The highest BCUT2D eigenvalue weighted by Gasteiger charge is 2.33. The molecule has 3 nitrogen and oxygen atoms in total. The molecular formula is C9H14N2O. The average Bonchev–Trinajstić information content (AvgIpc) is 2.67. The Morgan fingerprint density at radius 2 is 2.33 bits per heavy atom. The van der Waals surface area contributed by atoms with Gasteiger partial charge in [-0.05, 0) is 19.3 Å². The third-order valence-corrected chi connectivity index (χ3v) is 1.94. The van der Waals surface area contributed by atoms with Crippen molar-refractivity contribution in [3.8, 4) is 11.8 Å². The van der Waals surface area contributed by atoms with Crippen LogP contribution in [-0.2, 0) is 0 Å². The lowest BCUT2D eigenvalue weighted by molar-refractivity contribution is 0.241. The number of carbonyl (C=O) groups is 1. The molecule has 0 saturated heterocycles. The molecule has 0 unspecified atom stereocenters. The zero-order valence-electron chi connectivity index (χ0n) is 7.48. The standard InChI is InChI=1S/C9H14N2O/c1-3-4-5-10-9(12)11-8-6-7(8)2/h7-8H,5-6H2,1-2H3,(H2,10,11,12)/t7-,8-/m1/s1. The summed E-state index contributed by atoms with van der Waals surface area (Å²) in [5, 5.41) is 5.50. The molecule has 3 heteroatoms. The first-order valence-corrected chi connectivity index (χ1v) is 4.18. The molecule has 1 fully saturated rings. The van der Waals surface area contributed by atoms with Crippen LogP contribution in [0.2, 0.25) is 0 Å². The fourth-order valence-corrected chi connectivity index (χ4v) is 0.955. The normalized spacial score (nSPS) is 25.2. The van der Waals surface area contributed by atoms with Gasteiger partial charge < -0.3 is 10.6 Å². The second-order valence-electron chi connectivity index (χ2n) is 3.07. The molecule has 0 spiro atoms. The predicted octanol–water partition coefficient (Wildman–Crippen LogP) is 0.717. The first-order chi connectivity index (χ1) is 5.74. The van der Waals surface area contributed by atoms with Gasteiger partial charge in [0.15, 0.2) is 0 Å². The number of amides is 2. The van der Waals surface area contributed by atoms with Crippen LogP contribution >= 0.6 is 0 Å². The highest BCUT2D eigenvalue weighted by atomic mass is 16.2. The fraction of sp³-hybridized carbons (Fsp3) is 0.667. The van der Waals surface area contributed by atoms with Crippen LogP contribution in [-0.4, -0.2) is 18.6 Å². The van der Waals surface area contributed by atoms with E-state index in [1.54, 1.807) is 6.92 Å². The molecule has 66 valence electrons. The number of rotatable bonds is 2. The number of urea groups is 1. The maximum absolute atomic E-state index is 11.0. The van der Waals surface area contributed by atoms with Crippen molar-refractivity contribution in [1.82, 2.24) is 10.6 Å². The van der Waals surface area contributed by atoms with Crippen LogP contribution in [0, 0.1) is 17.8 Å². The number of hydrogen-bond acceptors (Lipinski definition) is 1. The van der Waals surface area contributed by atoms with Crippen LogP contribution in [0.15, 0.2) is 0 Å². The highest BCUT2D eigenvalue weighted by Crippen LogP contribution is 2.28. The van der Waals surface area contributed by atoms with Crippen molar-refractivity contribution in [2.45, 2.75) is 26.3 Å². The smallest absolute Gasteiger partial charge is 0.315 e. The largest absolute Gasteiger partial charge is 0.335 e. The molecule has 0 radical (unpaired) electrons. The van der Waals surface area contributed by atoms with Gasteiger partial charge in [0.2, 0.25) is 0 Å². The molecule has 0 bridgehead atoms. The average molecular weight is 166 g/mol. The van der Waals surface area contributed by atoms with Crippen molar-refractivity contribution in [2.24, 2.45) is 5.92 Å². The second-order valence-corrected chi connectivity index (χ2v) is 3.07. The van der Waals surface area contributed by atoms with Crippen LogP contribution < -0.4 is 10.6 Å². The zero-order valence-corrected chi connectivity index (χ0v) is 7.48. The summed E-state index contributed by atoms with van der Waals surface area (Å²) in [7, 11) is 0. The third-order valence-electron chi connectivity index (χ3n) is 1.94. The minimum atomic E-state index is -0.105. The van der Waals surface area contributed by atoms with Gasteiger partial charge in [-0.2, -0.15) is 0 Å². The van der Waals surface area contributed by atoms with Gasteiger partial charge in [-0.1, -0.05) is 12.8 Å². The topological polar surface area (TPSA) is 41.1 Å². The van der Waals surface area contributed by atoms with Gasteiger partial charge in [-0.15, -0.1) is 5.92 Å².